The van der Waals surface area contributed by atoms with E-state index in [1.165, 1.54) is 7.11 Å². The molecule has 1 aliphatic heterocycles. The van der Waals surface area contributed by atoms with Gasteiger partial charge in [0.05, 0.1) is 18.9 Å². The summed E-state index contributed by atoms with van der Waals surface area (Å²) in [5, 5.41) is 2.88. The lowest BCUT2D eigenvalue weighted by Crippen LogP contribution is -2.29. The van der Waals surface area contributed by atoms with Crippen LogP contribution in [0.5, 0.6) is 5.75 Å². The second-order valence-electron chi connectivity index (χ2n) is 5.72. The summed E-state index contributed by atoms with van der Waals surface area (Å²) in [7, 11) is 1.31. The van der Waals surface area contributed by atoms with Gasteiger partial charge in [0.25, 0.3) is 0 Å². The first kappa shape index (κ1) is 17.3. The monoisotopic (exact) mass is 321 g/mol. The minimum Gasteiger partial charge on any atom is -0.488 e. The Kier molecular flexibility index (Phi) is 5.98. The first-order valence-electron chi connectivity index (χ1n) is 7.79. The molecular formula is C17H23NO5. The van der Waals surface area contributed by atoms with Crippen LogP contribution in [0.3, 0.4) is 0 Å². The van der Waals surface area contributed by atoms with Gasteiger partial charge in [-0.05, 0) is 38.8 Å². The summed E-state index contributed by atoms with van der Waals surface area (Å²) in [4.78, 5) is 24.3. The van der Waals surface area contributed by atoms with Gasteiger partial charge in [0.15, 0.2) is 5.75 Å². The van der Waals surface area contributed by atoms with Gasteiger partial charge in [-0.2, -0.15) is 0 Å². The summed E-state index contributed by atoms with van der Waals surface area (Å²) >= 11 is 0. The molecular weight excluding hydrogens is 298 g/mol. The van der Waals surface area contributed by atoms with E-state index in [4.69, 9.17) is 14.2 Å². The summed E-state index contributed by atoms with van der Waals surface area (Å²) in [5.74, 6) is -0.320. The lowest BCUT2D eigenvalue weighted by Gasteiger charge is -2.23. The predicted molar refractivity (Wildman–Crippen MR) is 85.7 cm³/mol. The van der Waals surface area contributed by atoms with Gasteiger partial charge in [-0.3, -0.25) is 4.79 Å². The maximum absolute atomic E-state index is 12.4. The van der Waals surface area contributed by atoms with Crippen LogP contribution in [-0.2, 0) is 14.3 Å². The van der Waals surface area contributed by atoms with E-state index in [1.807, 2.05) is 13.8 Å². The van der Waals surface area contributed by atoms with Crippen molar-refractivity contribution in [1.82, 2.24) is 0 Å². The number of anilines is 1. The van der Waals surface area contributed by atoms with E-state index >= 15 is 0 Å². The molecule has 0 spiro atoms. The molecule has 1 fully saturated rings. The molecule has 6 heteroatoms. The van der Waals surface area contributed by atoms with Crippen LogP contribution in [0.25, 0.3) is 0 Å². The maximum atomic E-state index is 12.4. The molecule has 2 rings (SSSR count). The molecule has 1 heterocycles. The van der Waals surface area contributed by atoms with Gasteiger partial charge < -0.3 is 19.5 Å². The number of hydrogen-bond acceptors (Lipinski definition) is 5. The molecule has 1 aromatic rings. The minimum absolute atomic E-state index is 0.0797. The molecule has 23 heavy (non-hydrogen) atoms. The number of amides is 1. The van der Waals surface area contributed by atoms with Crippen molar-refractivity contribution in [2.75, 3.05) is 25.6 Å². The van der Waals surface area contributed by atoms with Crippen molar-refractivity contribution in [3.8, 4) is 5.75 Å². The van der Waals surface area contributed by atoms with Gasteiger partial charge >= 0.3 is 5.97 Å². The van der Waals surface area contributed by atoms with Crippen LogP contribution in [0.1, 0.15) is 37.0 Å². The van der Waals surface area contributed by atoms with Crippen LogP contribution < -0.4 is 10.1 Å². The van der Waals surface area contributed by atoms with Gasteiger partial charge in [0, 0.05) is 19.1 Å². The Balaban J connectivity index is 2.25. The standard InChI is InChI=1S/C17H23NO5/c1-11(2)23-15-13(17(20)21-3)5-4-6-14(15)18-16(19)12-7-9-22-10-8-12/h4-6,11-12H,7-10H2,1-3H3,(H,18,19). The highest BCUT2D eigenvalue weighted by Gasteiger charge is 2.24. The molecule has 126 valence electrons. The van der Waals surface area contributed by atoms with Crippen molar-refractivity contribution in [1.29, 1.82) is 0 Å². The molecule has 1 aromatic carbocycles. The zero-order valence-corrected chi connectivity index (χ0v) is 13.8. The van der Waals surface area contributed by atoms with E-state index < -0.39 is 5.97 Å². The Hall–Kier alpha value is -2.08. The summed E-state index contributed by atoms with van der Waals surface area (Å²) in [6.45, 7) is 4.90. The van der Waals surface area contributed by atoms with Gasteiger partial charge in [-0.15, -0.1) is 0 Å². The third-order valence-corrected chi connectivity index (χ3v) is 3.62. The first-order chi connectivity index (χ1) is 11.0. The van der Waals surface area contributed by atoms with Crippen LogP contribution in [-0.4, -0.2) is 38.3 Å². The fourth-order valence-electron chi connectivity index (χ4n) is 2.46. The molecule has 0 atom stereocenters. The zero-order valence-electron chi connectivity index (χ0n) is 13.8. The van der Waals surface area contributed by atoms with Crippen LogP contribution in [0.2, 0.25) is 0 Å². The number of rotatable bonds is 5. The third kappa shape index (κ3) is 4.45. The summed E-state index contributed by atoms with van der Waals surface area (Å²) < 4.78 is 15.8. The molecule has 1 saturated heterocycles. The number of para-hydroxylation sites is 1. The average Bonchev–Trinajstić information content (AvgIpc) is 2.56. The van der Waals surface area contributed by atoms with Crippen molar-refractivity contribution in [2.45, 2.75) is 32.8 Å². The highest BCUT2D eigenvalue weighted by molar-refractivity contribution is 5.99. The van der Waals surface area contributed by atoms with Crippen molar-refractivity contribution in [3.05, 3.63) is 23.8 Å². The Morgan fingerprint density at radius 2 is 1.96 bits per heavy atom. The van der Waals surface area contributed by atoms with Gasteiger partial charge in [0.2, 0.25) is 5.91 Å². The number of hydrogen-bond donors (Lipinski definition) is 1. The molecule has 0 aromatic heterocycles. The fraction of sp³-hybridized carbons (Fsp3) is 0.529. The zero-order chi connectivity index (χ0) is 16.8. The maximum Gasteiger partial charge on any atom is 0.341 e. The van der Waals surface area contributed by atoms with Crippen molar-refractivity contribution < 1.29 is 23.8 Å². The Labute approximate surface area is 136 Å². The second-order valence-corrected chi connectivity index (χ2v) is 5.72. The van der Waals surface area contributed by atoms with E-state index in [2.05, 4.69) is 5.32 Å². The van der Waals surface area contributed by atoms with Crippen molar-refractivity contribution in [3.63, 3.8) is 0 Å². The molecule has 0 aliphatic carbocycles. The van der Waals surface area contributed by atoms with Crippen molar-refractivity contribution >= 4 is 17.6 Å². The van der Waals surface area contributed by atoms with E-state index in [0.717, 1.165) is 0 Å². The average molecular weight is 321 g/mol. The molecule has 1 amide bonds. The van der Waals surface area contributed by atoms with Crippen LogP contribution in [0, 0.1) is 5.92 Å². The first-order valence-corrected chi connectivity index (χ1v) is 7.79. The van der Waals surface area contributed by atoms with E-state index in [-0.39, 0.29) is 17.9 Å². The Morgan fingerprint density at radius 3 is 2.57 bits per heavy atom. The van der Waals surface area contributed by atoms with Gasteiger partial charge in [-0.1, -0.05) is 6.07 Å². The molecule has 1 N–H and O–H groups in total. The number of nitrogens with one attached hydrogen (secondary N) is 1. The molecule has 0 saturated carbocycles. The summed E-state index contributed by atoms with van der Waals surface area (Å²) in [6, 6.07) is 5.04. The Bertz CT molecular complexity index is 564. The number of carbonyl (C=O) groups excluding carboxylic acids is 2. The Morgan fingerprint density at radius 1 is 1.26 bits per heavy atom. The highest BCUT2D eigenvalue weighted by Crippen LogP contribution is 2.31. The molecule has 0 radical (unpaired) electrons. The van der Waals surface area contributed by atoms with Gasteiger partial charge in [0.1, 0.15) is 5.56 Å². The molecule has 1 aliphatic rings. The summed E-state index contributed by atoms with van der Waals surface area (Å²) in [5.41, 5.74) is 0.782. The molecule has 0 unspecified atom stereocenters. The number of benzene rings is 1. The highest BCUT2D eigenvalue weighted by atomic mass is 16.5. The fourth-order valence-corrected chi connectivity index (χ4v) is 2.46. The number of carbonyl (C=O) groups is 2. The largest absolute Gasteiger partial charge is 0.488 e. The quantitative estimate of drug-likeness (QED) is 0.844. The van der Waals surface area contributed by atoms with E-state index in [9.17, 15) is 9.59 Å². The van der Waals surface area contributed by atoms with Crippen molar-refractivity contribution in [2.24, 2.45) is 5.92 Å². The van der Waals surface area contributed by atoms with Crippen LogP contribution in [0.15, 0.2) is 18.2 Å². The van der Waals surface area contributed by atoms with E-state index in [0.29, 0.717) is 43.1 Å². The normalized spacial score (nSPS) is 15.3. The predicted octanol–water partition coefficient (Wildman–Crippen LogP) is 2.63. The second kappa shape index (κ2) is 7.97. The molecule has 0 bridgehead atoms. The number of esters is 1. The SMILES string of the molecule is COC(=O)c1cccc(NC(=O)C2CCOCC2)c1OC(C)C. The summed E-state index contributed by atoms with van der Waals surface area (Å²) in [6.07, 6.45) is 1.26. The van der Waals surface area contributed by atoms with Crippen LogP contribution in [0.4, 0.5) is 5.69 Å². The topological polar surface area (TPSA) is 73.9 Å². The van der Waals surface area contributed by atoms with Gasteiger partial charge in [-0.25, -0.2) is 4.79 Å². The third-order valence-electron chi connectivity index (χ3n) is 3.62. The lowest BCUT2D eigenvalue weighted by molar-refractivity contribution is -0.122. The van der Waals surface area contributed by atoms with E-state index in [1.54, 1.807) is 18.2 Å². The molecule has 6 nitrogen and oxygen atoms in total. The van der Waals surface area contributed by atoms with Crippen LogP contribution >= 0.6 is 0 Å². The lowest BCUT2D eigenvalue weighted by atomic mass is 9.99. The number of methoxy groups -OCH3 is 1. The smallest absolute Gasteiger partial charge is 0.341 e. The number of ether oxygens (including phenoxy) is 3. The minimum atomic E-state index is -0.497.